The Labute approximate surface area is 126 Å². The lowest BCUT2D eigenvalue weighted by atomic mass is 9.99. The Balaban J connectivity index is 2.29. The number of hydrogen-bond donors (Lipinski definition) is 1. The van der Waals surface area contributed by atoms with Crippen molar-refractivity contribution in [3.63, 3.8) is 0 Å². The fraction of sp³-hybridized carbons (Fsp3) is 0.250. The number of nitrogens with zero attached hydrogens (tertiary/aromatic N) is 1. The first-order valence-corrected chi connectivity index (χ1v) is 6.76. The molecule has 0 atom stereocenters. The van der Waals surface area contributed by atoms with E-state index in [9.17, 15) is 10.1 Å². The third-order valence-corrected chi connectivity index (χ3v) is 3.43. The highest BCUT2D eigenvalue weighted by molar-refractivity contribution is 5.78. The van der Waals surface area contributed by atoms with E-state index in [1.54, 1.807) is 25.1 Å². The maximum Gasteiger partial charge on any atom is 0.266 e. The molecule has 2 aromatic rings. The number of ether oxygens (including phenoxy) is 3. The van der Waals surface area contributed by atoms with Gasteiger partial charge >= 0.3 is 0 Å². The van der Waals surface area contributed by atoms with Crippen molar-refractivity contribution < 1.29 is 14.2 Å². The van der Waals surface area contributed by atoms with Crippen molar-refractivity contribution in [2.45, 2.75) is 6.92 Å². The highest BCUT2D eigenvalue weighted by Gasteiger charge is 2.20. The summed E-state index contributed by atoms with van der Waals surface area (Å²) in [6, 6.07) is 7.14. The Bertz CT molecular complexity index is 833. The van der Waals surface area contributed by atoms with Gasteiger partial charge in [-0.1, -0.05) is 0 Å². The summed E-state index contributed by atoms with van der Waals surface area (Å²) in [5, 5.41) is 9.29. The van der Waals surface area contributed by atoms with Gasteiger partial charge in [-0.2, -0.15) is 5.26 Å². The van der Waals surface area contributed by atoms with Gasteiger partial charge in [-0.05, 0) is 19.1 Å². The van der Waals surface area contributed by atoms with Crippen molar-refractivity contribution in [3.05, 3.63) is 39.8 Å². The van der Waals surface area contributed by atoms with Crippen LogP contribution < -0.4 is 19.8 Å². The molecule has 22 heavy (non-hydrogen) atoms. The molecule has 6 heteroatoms. The van der Waals surface area contributed by atoms with Gasteiger partial charge in [-0.15, -0.1) is 0 Å². The Kier molecular flexibility index (Phi) is 3.47. The Morgan fingerprint density at radius 1 is 1.18 bits per heavy atom. The molecule has 0 spiro atoms. The third-order valence-electron chi connectivity index (χ3n) is 3.43. The van der Waals surface area contributed by atoms with Crippen LogP contribution in [0.5, 0.6) is 17.2 Å². The number of H-pyrrole nitrogens is 1. The molecule has 0 saturated carbocycles. The van der Waals surface area contributed by atoms with Crippen LogP contribution in [0.1, 0.15) is 11.3 Å². The van der Waals surface area contributed by atoms with Gasteiger partial charge in [0.05, 0.1) is 7.11 Å². The predicted octanol–water partition coefficient (Wildman–Crippen LogP) is 2.00. The van der Waals surface area contributed by atoms with Crippen LogP contribution in [0.25, 0.3) is 11.1 Å². The minimum Gasteiger partial charge on any atom is -0.496 e. The van der Waals surface area contributed by atoms with Crippen molar-refractivity contribution in [3.8, 4) is 34.4 Å². The Hall–Kier alpha value is -2.94. The molecule has 112 valence electrons. The molecule has 6 nitrogen and oxygen atoms in total. The summed E-state index contributed by atoms with van der Waals surface area (Å²) in [5.41, 5.74) is 1.42. The van der Waals surface area contributed by atoms with Crippen LogP contribution in [-0.4, -0.2) is 25.3 Å². The summed E-state index contributed by atoms with van der Waals surface area (Å²) in [6.45, 7) is 2.69. The topological polar surface area (TPSA) is 84.3 Å². The first-order chi connectivity index (χ1) is 10.6. The van der Waals surface area contributed by atoms with Gasteiger partial charge in [-0.3, -0.25) is 4.79 Å². The number of aryl methyl sites for hydroxylation is 1. The van der Waals surface area contributed by atoms with Gasteiger partial charge < -0.3 is 19.2 Å². The summed E-state index contributed by atoms with van der Waals surface area (Å²) < 4.78 is 16.5. The molecule has 1 aromatic heterocycles. The molecule has 2 heterocycles. The standard InChI is InChI=1S/C16H14N2O4/c1-9-5-10(12(8-17)16(19)18-9)11-6-14-15(7-13(11)20-2)22-4-3-21-14/h5-7H,3-4H2,1-2H3,(H,18,19). The monoisotopic (exact) mass is 298 g/mol. The number of aromatic amines is 1. The van der Waals surface area contributed by atoms with Crippen LogP contribution in [0.4, 0.5) is 0 Å². The summed E-state index contributed by atoms with van der Waals surface area (Å²) in [6.07, 6.45) is 0. The van der Waals surface area contributed by atoms with Crippen molar-refractivity contribution >= 4 is 0 Å². The van der Waals surface area contributed by atoms with E-state index in [2.05, 4.69) is 4.98 Å². The van der Waals surface area contributed by atoms with Crippen LogP contribution in [0.2, 0.25) is 0 Å². The minimum atomic E-state index is -0.422. The molecule has 0 fully saturated rings. The maximum absolute atomic E-state index is 12.0. The largest absolute Gasteiger partial charge is 0.496 e. The van der Waals surface area contributed by atoms with Crippen molar-refractivity contribution in [1.29, 1.82) is 5.26 Å². The van der Waals surface area contributed by atoms with E-state index in [4.69, 9.17) is 14.2 Å². The average molecular weight is 298 g/mol. The smallest absolute Gasteiger partial charge is 0.266 e. The lowest BCUT2D eigenvalue weighted by molar-refractivity contribution is 0.171. The molecule has 0 aliphatic carbocycles. The quantitative estimate of drug-likeness (QED) is 0.916. The van der Waals surface area contributed by atoms with E-state index in [1.165, 1.54) is 7.11 Å². The van der Waals surface area contributed by atoms with Crippen LogP contribution in [0.3, 0.4) is 0 Å². The normalized spacial score (nSPS) is 12.6. The number of benzene rings is 1. The number of fused-ring (bicyclic) bond motifs is 1. The number of rotatable bonds is 2. The fourth-order valence-corrected chi connectivity index (χ4v) is 2.46. The summed E-state index contributed by atoms with van der Waals surface area (Å²) in [4.78, 5) is 14.6. The number of hydrogen-bond acceptors (Lipinski definition) is 5. The molecule has 1 aliphatic rings. The molecule has 1 aromatic carbocycles. The Morgan fingerprint density at radius 3 is 2.50 bits per heavy atom. The average Bonchev–Trinajstić information content (AvgIpc) is 2.52. The zero-order valence-electron chi connectivity index (χ0n) is 12.2. The highest BCUT2D eigenvalue weighted by Crippen LogP contribution is 2.41. The van der Waals surface area contributed by atoms with Crippen LogP contribution in [-0.2, 0) is 0 Å². The van der Waals surface area contributed by atoms with Gasteiger partial charge in [0.25, 0.3) is 5.56 Å². The fourth-order valence-electron chi connectivity index (χ4n) is 2.46. The van der Waals surface area contributed by atoms with E-state index in [1.807, 2.05) is 6.07 Å². The first-order valence-electron chi connectivity index (χ1n) is 6.76. The number of nitrogens with one attached hydrogen (secondary N) is 1. The lowest BCUT2D eigenvalue weighted by Gasteiger charge is -2.21. The second kappa shape index (κ2) is 5.45. The minimum absolute atomic E-state index is 0.0422. The van der Waals surface area contributed by atoms with Crippen LogP contribution >= 0.6 is 0 Å². The maximum atomic E-state index is 12.0. The second-order valence-corrected chi connectivity index (χ2v) is 4.88. The van der Waals surface area contributed by atoms with E-state index in [0.29, 0.717) is 47.3 Å². The highest BCUT2D eigenvalue weighted by atomic mass is 16.6. The van der Waals surface area contributed by atoms with Crippen molar-refractivity contribution in [1.82, 2.24) is 4.98 Å². The molecule has 0 unspecified atom stereocenters. The number of nitriles is 1. The number of methoxy groups -OCH3 is 1. The van der Waals surface area contributed by atoms with E-state index < -0.39 is 5.56 Å². The summed E-state index contributed by atoms with van der Waals surface area (Å²) >= 11 is 0. The SMILES string of the molecule is COc1cc2c(cc1-c1cc(C)[nH]c(=O)c1C#N)OCCO2. The second-order valence-electron chi connectivity index (χ2n) is 4.88. The van der Waals surface area contributed by atoms with Crippen molar-refractivity contribution in [2.24, 2.45) is 0 Å². The zero-order chi connectivity index (χ0) is 15.7. The Morgan fingerprint density at radius 2 is 1.86 bits per heavy atom. The zero-order valence-corrected chi connectivity index (χ0v) is 12.2. The van der Waals surface area contributed by atoms with Gasteiger partial charge in [0.1, 0.15) is 30.6 Å². The summed E-state index contributed by atoms with van der Waals surface area (Å²) in [5.74, 6) is 1.68. The van der Waals surface area contributed by atoms with Gasteiger partial charge in [0.2, 0.25) is 0 Å². The first kappa shape index (κ1) is 14.0. The molecule has 1 N–H and O–H groups in total. The van der Waals surface area contributed by atoms with E-state index >= 15 is 0 Å². The molecule has 0 saturated heterocycles. The number of aromatic nitrogens is 1. The molecule has 0 radical (unpaired) electrons. The molecule has 0 bridgehead atoms. The van der Waals surface area contributed by atoms with Crippen LogP contribution in [0, 0.1) is 18.3 Å². The number of pyridine rings is 1. The van der Waals surface area contributed by atoms with E-state index in [0.717, 1.165) is 0 Å². The molecule has 3 rings (SSSR count). The molecular formula is C16H14N2O4. The van der Waals surface area contributed by atoms with Crippen LogP contribution in [0.15, 0.2) is 23.0 Å². The van der Waals surface area contributed by atoms with Gasteiger partial charge in [0.15, 0.2) is 11.5 Å². The van der Waals surface area contributed by atoms with E-state index in [-0.39, 0.29) is 5.56 Å². The molecular weight excluding hydrogens is 284 g/mol. The summed E-state index contributed by atoms with van der Waals surface area (Å²) in [7, 11) is 1.53. The third kappa shape index (κ3) is 2.27. The van der Waals surface area contributed by atoms with Crippen molar-refractivity contribution in [2.75, 3.05) is 20.3 Å². The predicted molar refractivity (Wildman–Crippen MR) is 79.5 cm³/mol. The molecule has 1 aliphatic heterocycles. The van der Waals surface area contributed by atoms with Gasteiger partial charge in [-0.25, -0.2) is 0 Å². The lowest BCUT2D eigenvalue weighted by Crippen LogP contribution is -2.16. The molecule has 0 amide bonds. The van der Waals surface area contributed by atoms with Gasteiger partial charge in [0, 0.05) is 22.9 Å².